The summed E-state index contributed by atoms with van der Waals surface area (Å²) in [6, 6.07) is 6.42. The molecule has 0 radical (unpaired) electrons. The second-order valence-corrected chi connectivity index (χ2v) is 9.01. The van der Waals surface area contributed by atoms with Gasteiger partial charge < -0.3 is 25.2 Å². The van der Waals surface area contributed by atoms with Crippen LogP contribution in [0.15, 0.2) is 29.4 Å². The van der Waals surface area contributed by atoms with E-state index in [1.165, 1.54) is 0 Å². The van der Waals surface area contributed by atoms with Crippen LogP contribution in [0.25, 0.3) is 0 Å². The lowest BCUT2D eigenvalue weighted by atomic mass is 10.1. The summed E-state index contributed by atoms with van der Waals surface area (Å²) in [6.45, 7) is 11.0. The zero-order chi connectivity index (χ0) is 22.1. The number of rotatable bonds is 6. The highest BCUT2D eigenvalue weighted by Crippen LogP contribution is 2.17. The van der Waals surface area contributed by atoms with Crippen molar-refractivity contribution in [3.05, 3.63) is 24.4 Å². The molecule has 2 heterocycles. The molecule has 2 N–H and O–H groups in total. The van der Waals surface area contributed by atoms with Gasteiger partial charge in [0.25, 0.3) is 0 Å². The Balaban J connectivity index is 0.00000480. The zero-order valence-corrected chi connectivity index (χ0v) is 22.1. The summed E-state index contributed by atoms with van der Waals surface area (Å²) in [5.74, 6) is 2.10. The number of hydrogen-bond acceptors (Lipinski definition) is 5. The van der Waals surface area contributed by atoms with Crippen molar-refractivity contribution in [1.82, 2.24) is 20.5 Å². The Kier molecular flexibility index (Phi) is 11.4. The number of carbonyl (C=O) groups excluding carboxylic acids is 1. The Morgan fingerprint density at radius 2 is 2.03 bits per heavy atom. The van der Waals surface area contributed by atoms with Crippen molar-refractivity contribution >= 4 is 41.8 Å². The molecular formula is C22H39IN6O2. The third-order valence-corrected chi connectivity index (χ3v) is 4.94. The molecule has 1 aromatic heterocycles. The van der Waals surface area contributed by atoms with Crippen LogP contribution >= 0.6 is 24.0 Å². The normalized spacial score (nSPS) is 16.2. The van der Waals surface area contributed by atoms with Crippen LogP contribution < -0.4 is 15.5 Å². The minimum Gasteiger partial charge on any atom is -0.444 e. The number of halogens is 1. The Bertz CT molecular complexity index is 687. The first kappa shape index (κ1) is 27.3. The molecule has 8 nitrogen and oxygen atoms in total. The Morgan fingerprint density at radius 1 is 1.35 bits per heavy atom. The van der Waals surface area contributed by atoms with Gasteiger partial charge in [-0.25, -0.2) is 9.78 Å². The Hall–Kier alpha value is -1.78. The van der Waals surface area contributed by atoms with E-state index in [9.17, 15) is 4.79 Å². The molecule has 0 saturated carbocycles. The molecule has 1 aliphatic heterocycles. The summed E-state index contributed by atoms with van der Waals surface area (Å²) >= 11 is 0. The number of nitrogens with zero attached hydrogens (tertiary/aromatic N) is 4. The SMILES string of the molecule is CN=C(NCC(C)CN(C)C(=O)OC(C)(C)C)NC1CCN(c2ccccn2)CC1.I. The predicted octanol–water partition coefficient (Wildman–Crippen LogP) is 3.34. The van der Waals surface area contributed by atoms with Gasteiger partial charge in [-0.15, -0.1) is 24.0 Å². The summed E-state index contributed by atoms with van der Waals surface area (Å²) in [4.78, 5) is 24.9. The molecule has 1 amide bonds. The van der Waals surface area contributed by atoms with Gasteiger partial charge in [-0.05, 0) is 51.7 Å². The highest BCUT2D eigenvalue weighted by Gasteiger charge is 2.22. The number of amides is 1. The Labute approximate surface area is 204 Å². The third-order valence-electron chi connectivity index (χ3n) is 4.94. The molecule has 1 aromatic rings. The fourth-order valence-electron chi connectivity index (χ4n) is 3.40. The summed E-state index contributed by atoms with van der Waals surface area (Å²) in [7, 11) is 3.56. The van der Waals surface area contributed by atoms with Crippen molar-refractivity contribution in [3.63, 3.8) is 0 Å². The topological polar surface area (TPSA) is 82.1 Å². The first-order chi connectivity index (χ1) is 14.2. The maximum absolute atomic E-state index is 12.1. The molecule has 176 valence electrons. The van der Waals surface area contributed by atoms with Crippen molar-refractivity contribution in [2.24, 2.45) is 10.9 Å². The van der Waals surface area contributed by atoms with Crippen molar-refractivity contribution < 1.29 is 9.53 Å². The molecule has 1 saturated heterocycles. The smallest absolute Gasteiger partial charge is 0.410 e. The van der Waals surface area contributed by atoms with Gasteiger partial charge in [0.1, 0.15) is 11.4 Å². The minimum absolute atomic E-state index is 0. The quantitative estimate of drug-likeness (QED) is 0.324. The van der Waals surface area contributed by atoms with Crippen LogP contribution in [-0.2, 0) is 4.74 Å². The lowest BCUT2D eigenvalue weighted by molar-refractivity contribution is 0.0278. The lowest BCUT2D eigenvalue weighted by Gasteiger charge is -2.34. The number of pyridine rings is 1. The van der Waals surface area contributed by atoms with Crippen LogP contribution in [0, 0.1) is 5.92 Å². The number of guanidine groups is 1. The molecule has 0 aliphatic carbocycles. The first-order valence-corrected chi connectivity index (χ1v) is 10.7. The van der Waals surface area contributed by atoms with Crippen molar-refractivity contribution in [3.8, 4) is 0 Å². The van der Waals surface area contributed by atoms with Gasteiger partial charge in [0.15, 0.2) is 5.96 Å². The van der Waals surface area contributed by atoms with Crippen LogP contribution in [0.2, 0.25) is 0 Å². The number of aromatic nitrogens is 1. The van der Waals surface area contributed by atoms with E-state index >= 15 is 0 Å². The maximum Gasteiger partial charge on any atom is 0.410 e. The molecule has 1 unspecified atom stereocenters. The minimum atomic E-state index is -0.481. The molecule has 2 rings (SSSR count). The number of ether oxygens (including phenoxy) is 1. The molecule has 0 aromatic carbocycles. The second kappa shape index (κ2) is 12.9. The number of piperidine rings is 1. The standard InChI is InChI=1S/C22H38N6O2.HI/c1-17(16-27(6)21(29)30-22(2,3)4)15-25-20(23-5)26-18-10-13-28(14-11-18)19-9-7-8-12-24-19;/h7-9,12,17-18H,10-11,13-16H2,1-6H3,(H2,23,25,26);1H. The summed E-state index contributed by atoms with van der Waals surface area (Å²) in [5.41, 5.74) is -0.481. The van der Waals surface area contributed by atoms with E-state index in [4.69, 9.17) is 4.74 Å². The number of hydrogen-bond donors (Lipinski definition) is 2. The second-order valence-electron chi connectivity index (χ2n) is 9.01. The van der Waals surface area contributed by atoms with Gasteiger partial charge in [0.05, 0.1) is 0 Å². The van der Waals surface area contributed by atoms with Crippen molar-refractivity contribution in [1.29, 1.82) is 0 Å². The highest BCUT2D eigenvalue weighted by atomic mass is 127. The van der Waals surface area contributed by atoms with Gasteiger partial charge >= 0.3 is 6.09 Å². The van der Waals surface area contributed by atoms with Gasteiger partial charge in [-0.2, -0.15) is 0 Å². The van der Waals surface area contributed by atoms with Crippen LogP contribution in [-0.4, -0.2) is 73.9 Å². The van der Waals surface area contributed by atoms with Crippen LogP contribution in [0.5, 0.6) is 0 Å². The molecule has 1 atom stereocenters. The van der Waals surface area contributed by atoms with Crippen LogP contribution in [0.4, 0.5) is 10.6 Å². The van der Waals surface area contributed by atoms with E-state index in [0.717, 1.165) is 44.3 Å². The van der Waals surface area contributed by atoms with Crippen LogP contribution in [0.1, 0.15) is 40.5 Å². The van der Waals surface area contributed by atoms with Gasteiger partial charge in [0, 0.05) is 52.5 Å². The van der Waals surface area contributed by atoms with Crippen LogP contribution in [0.3, 0.4) is 0 Å². The fraction of sp³-hybridized carbons (Fsp3) is 0.682. The summed E-state index contributed by atoms with van der Waals surface area (Å²) in [6.07, 6.45) is 3.62. The molecular weight excluding hydrogens is 507 g/mol. The fourth-order valence-corrected chi connectivity index (χ4v) is 3.40. The largest absolute Gasteiger partial charge is 0.444 e. The van der Waals surface area contributed by atoms with Crippen molar-refractivity contribution in [2.45, 2.75) is 52.2 Å². The number of anilines is 1. The monoisotopic (exact) mass is 546 g/mol. The molecule has 1 fully saturated rings. The number of nitrogens with one attached hydrogen (secondary N) is 2. The average Bonchev–Trinajstić information content (AvgIpc) is 2.71. The Morgan fingerprint density at radius 3 is 2.58 bits per heavy atom. The zero-order valence-electron chi connectivity index (χ0n) is 19.7. The van der Waals surface area contributed by atoms with E-state index in [-0.39, 0.29) is 36.0 Å². The average molecular weight is 546 g/mol. The third kappa shape index (κ3) is 9.92. The molecule has 0 bridgehead atoms. The van der Waals surface area contributed by atoms with E-state index < -0.39 is 5.60 Å². The molecule has 1 aliphatic rings. The van der Waals surface area contributed by atoms with E-state index in [1.807, 2.05) is 39.1 Å². The summed E-state index contributed by atoms with van der Waals surface area (Å²) < 4.78 is 5.41. The van der Waals surface area contributed by atoms with Gasteiger partial charge in [-0.3, -0.25) is 4.99 Å². The van der Waals surface area contributed by atoms with Crippen molar-refractivity contribution in [2.75, 3.05) is 45.2 Å². The predicted molar refractivity (Wildman–Crippen MR) is 137 cm³/mol. The maximum atomic E-state index is 12.1. The van der Waals surface area contributed by atoms with E-state index in [1.54, 1.807) is 19.0 Å². The first-order valence-electron chi connectivity index (χ1n) is 10.7. The van der Waals surface area contributed by atoms with E-state index in [0.29, 0.717) is 12.6 Å². The molecule has 9 heteroatoms. The van der Waals surface area contributed by atoms with Gasteiger partial charge in [0.2, 0.25) is 0 Å². The lowest BCUT2D eigenvalue weighted by Crippen LogP contribution is -2.50. The highest BCUT2D eigenvalue weighted by molar-refractivity contribution is 14.0. The molecule has 31 heavy (non-hydrogen) atoms. The van der Waals surface area contributed by atoms with Gasteiger partial charge in [-0.1, -0.05) is 13.0 Å². The summed E-state index contributed by atoms with van der Waals surface area (Å²) in [5, 5.41) is 6.91. The number of carbonyl (C=O) groups is 1. The van der Waals surface area contributed by atoms with E-state index in [2.05, 4.69) is 38.5 Å². The number of aliphatic imine (C=N–C) groups is 1. The molecule has 0 spiro atoms.